The van der Waals surface area contributed by atoms with Crippen LogP contribution in [0.1, 0.15) is 25.3 Å². The van der Waals surface area contributed by atoms with Crippen LogP contribution < -0.4 is 5.73 Å². The Bertz CT molecular complexity index is 343. The molecule has 1 atom stereocenters. The molecule has 0 radical (unpaired) electrons. The standard InChI is InChI=1S/C11H15Cl2NO/c1-2-6-11(15,7-14)8-4-3-5-9(12)10(8)13/h3-5,15H,2,6-7,14H2,1H3. The molecule has 1 aromatic rings. The number of nitrogens with two attached hydrogens (primary N) is 1. The second-order valence-electron chi connectivity index (χ2n) is 3.59. The van der Waals surface area contributed by atoms with Crippen molar-refractivity contribution in [3.8, 4) is 0 Å². The first-order chi connectivity index (χ1) is 7.05. The van der Waals surface area contributed by atoms with Gasteiger partial charge in [-0.1, -0.05) is 48.7 Å². The van der Waals surface area contributed by atoms with Gasteiger partial charge in [-0.3, -0.25) is 0 Å². The van der Waals surface area contributed by atoms with Gasteiger partial charge in [-0.05, 0) is 12.5 Å². The Labute approximate surface area is 100.0 Å². The van der Waals surface area contributed by atoms with Crippen LogP contribution in [0.4, 0.5) is 0 Å². The van der Waals surface area contributed by atoms with Gasteiger partial charge in [0.25, 0.3) is 0 Å². The number of halogens is 2. The first kappa shape index (κ1) is 12.8. The average Bonchev–Trinajstić information content (AvgIpc) is 2.22. The molecule has 0 aliphatic heterocycles. The Morgan fingerprint density at radius 2 is 2.07 bits per heavy atom. The van der Waals surface area contributed by atoms with E-state index in [2.05, 4.69) is 0 Å². The molecule has 1 aromatic carbocycles. The molecule has 0 saturated carbocycles. The molecule has 0 spiro atoms. The number of rotatable bonds is 4. The second kappa shape index (κ2) is 5.17. The zero-order valence-electron chi connectivity index (χ0n) is 8.63. The van der Waals surface area contributed by atoms with E-state index in [1.54, 1.807) is 18.2 Å². The van der Waals surface area contributed by atoms with Gasteiger partial charge < -0.3 is 10.8 Å². The smallest absolute Gasteiger partial charge is 0.103 e. The normalized spacial score (nSPS) is 15.0. The van der Waals surface area contributed by atoms with E-state index in [1.807, 2.05) is 6.92 Å². The van der Waals surface area contributed by atoms with Crippen LogP contribution in [-0.4, -0.2) is 11.7 Å². The maximum atomic E-state index is 10.3. The highest BCUT2D eigenvalue weighted by Gasteiger charge is 2.29. The maximum Gasteiger partial charge on any atom is 0.103 e. The SMILES string of the molecule is CCCC(O)(CN)c1cccc(Cl)c1Cl. The summed E-state index contributed by atoms with van der Waals surface area (Å²) in [4.78, 5) is 0. The molecule has 0 amide bonds. The largest absolute Gasteiger partial charge is 0.384 e. The van der Waals surface area contributed by atoms with Crippen molar-refractivity contribution in [2.45, 2.75) is 25.4 Å². The third-order valence-corrected chi connectivity index (χ3v) is 3.27. The molecular weight excluding hydrogens is 233 g/mol. The molecular formula is C11H15Cl2NO. The van der Waals surface area contributed by atoms with Gasteiger partial charge in [0.2, 0.25) is 0 Å². The van der Waals surface area contributed by atoms with E-state index in [4.69, 9.17) is 28.9 Å². The molecule has 0 aliphatic rings. The lowest BCUT2D eigenvalue weighted by atomic mass is 9.89. The highest BCUT2D eigenvalue weighted by molar-refractivity contribution is 6.42. The van der Waals surface area contributed by atoms with Crippen LogP contribution >= 0.6 is 23.2 Å². The van der Waals surface area contributed by atoms with Crippen LogP contribution in [0.5, 0.6) is 0 Å². The van der Waals surface area contributed by atoms with E-state index in [-0.39, 0.29) is 6.54 Å². The van der Waals surface area contributed by atoms with E-state index in [9.17, 15) is 5.11 Å². The molecule has 3 N–H and O–H groups in total. The first-order valence-electron chi connectivity index (χ1n) is 4.92. The van der Waals surface area contributed by atoms with Crippen LogP contribution in [0.15, 0.2) is 18.2 Å². The van der Waals surface area contributed by atoms with Gasteiger partial charge >= 0.3 is 0 Å². The minimum absolute atomic E-state index is 0.140. The van der Waals surface area contributed by atoms with Gasteiger partial charge in [0.15, 0.2) is 0 Å². The van der Waals surface area contributed by atoms with Crippen molar-refractivity contribution in [2.75, 3.05) is 6.54 Å². The Balaban J connectivity index is 3.17. The summed E-state index contributed by atoms with van der Waals surface area (Å²) in [6.07, 6.45) is 1.40. The molecule has 1 rings (SSSR count). The summed E-state index contributed by atoms with van der Waals surface area (Å²) in [5.41, 5.74) is 5.13. The van der Waals surface area contributed by atoms with Crippen LogP contribution in [0.2, 0.25) is 10.0 Å². The van der Waals surface area contributed by atoms with Gasteiger partial charge in [0.1, 0.15) is 5.60 Å². The molecule has 15 heavy (non-hydrogen) atoms. The van der Waals surface area contributed by atoms with Crippen LogP contribution in [-0.2, 0) is 5.60 Å². The van der Waals surface area contributed by atoms with Crippen molar-refractivity contribution in [3.05, 3.63) is 33.8 Å². The highest BCUT2D eigenvalue weighted by Crippen LogP contribution is 2.35. The van der Waals surface area contributed by atoms with Gasteiger partial charge in [-0.25, -0.2) is 0 Å². The van der Waals surface area contributed by atoms with E-state index < -0.39 is 5.60 Å². The zero-order chi connectivity index (χ0) is 11.5. The number of hydrogen-bond donors (Lipinski definition) is 2. The molecule has 4 heteroatoms. The third-order valence-electron chi connectivity index (χ3n) is 2.45. The van der Waals surface area contributed by atoms with Crippen molar-refractivity contribution in [2.24, 2.45) is 5.73 Å². The lowest BCUT2D eigenvalue weighted by Gasteiger charge is -2.27. The number of benzene rings is 1. The molecule has 2 nitrogen and oxygen atoms in total. The first-order valence-corrected chi connectivity index (χ1v) is 5.67. The van der Waals surface area contributed by atoms with Crippen LogP contribution in [0, 0.1) is 0 Å². The Kier molecular flexibility index (Phi) is 4.41. The Hall–Kier alpha value is -0.280. The van der Waals surface area contributed by atoms with Gasteiger partial charge in [0, 0.05) is 12.1 Å². The summed E-state index contributed by atoms with van der Waals surface area (Å²) in [5.74, 6) is 0. The van der Waals surface area contributed by atoms with Crippen LogP contribution in [0.3, 0.4) is 0 Å². The molecule has 0 heterocycles. The summed E-state index contributed by atoms with van der Waals surface area (Å²) in [5, 5.41) is 11.2. The van der Waals surface area contributed by atoms with E-state index >= 15 is 0 Å². The molecule has 1 unspecified atom stereocenters. The van der Waals surface area contributed by atoms with Crippen molar-refractivity contribution >= 4 is 23.2 Å². The van der Waals surface area contributed by atoms with Gasteiger partial charge in [0.05, 0.1) is 10.0 Å². The van der Waals surface area contributed by atoms with Gasteiger partial charge in [-0.15, -0.1) is 0 Å². The predicted octanol–water partition coefficient (Wildman–Crippen LogP) is 2.94. The van der Waals surface area contributed by atoms with Crippen molar-refractivity contribution in [1.82, 2.24) is 0 Å². The molecule has 0 fully saturated rings. The average molecular weight is 248 g/mol. The minimum Gasteiger partial charge on any atom is -0.384 e. The van der Waals surface area contributed by atoms with Gasteiger partial charge in [-0.2, -0.15) is 0 Å². The van der Waals surface area contributed by atoms with Crippen molar-refractivity contribution < 1.29 is 5.11 Å². The number of aliphatic hydroxyl groups is 1. The Morgan fingerprint density at radius 3 is 2.60 bits per heavy atom. The zero-order valence-corrected chi connectivity index (χ0v) is 10.1. The lowest BCUT2D eigenvalue weighted by Crippen LogP contribution is -2.35. The monoisotopic (exact) mass is 247 g/mol. The highest BCUT2D eigenvalue weighted by atomic mass is 35.5. The van der Waals surface area contributed by atoms with Crippen molar-refractivity contribution in [3.63, 3.8) is 0 Å². The summed E-state index contributed by atoms with van der Waals surface area (Å²) >= 11 is 11.9. The van der Waals surface area contributed by atoms with Crippen molar-refractivity contribution in [1.29, 1.82) is 0 Å². The third kappa shape index (κ3) is 2.64. The predicted molar refractivity (Wildman–Crippen MR) is 64.3 cm³/mol. The fourth-order valence-electron chi connectivity index (χ4n) is 1.62. The minimum atomic E-state index is -1.07. The Morgan fingerprint density at radius 1 is 1.40 bits per heavy atom. The number of hydrogen-bond acceptors (Lipinski definition) is 2. The van der Waals surface area contributed by atoms with E-state index in [1.165, 1.54) is 0 Å². The van der Waals surface area contributed by atoms with E-state index in [0.717, 1.165) is 6.42 Å². The molecule has 0 aliphatic carbocycles. The van der Waals surface area contributed by atoms with E-state index in [0.29, 0.717) is 22.0 Å². The molecule has 0 bridgehead atoms. The lowest BCUT2D eigenvalue weighted by molar-refractivity contribution is 0.0360. The maximum absolute atomic E-state index is 10.3. The second-order valence-corrected chi connectivity index (χ2v) is 4.37. The fraction of sp³-hybridized carbons (Fsp3) is 0.455. The molecule has 0 aromatic heterocycles. The summed E-state index contributed by atoms with van der Waals surface area (Å²) in [7, 11) is 0. The summed E-state index contributed by atoms with van der Waals surface area (Å²) < 4.78 is 0. The summed E-state index contributed by atoms with van der Waals surface area (Å²) in [6, 6.07) is 5.22. The molecule has 0 saturated heterocycles. The quantitative estimate of drug-likeness (QED) is 0.860. The fourth-order valence-corrected chi connectivity index (χ4v) is 2.10. The topological polar surface area (TPSA) is 46.2 Å². The molecule has 84 valence electrons. The van der Waals surface area contributed by atoms with Crippen LogP contribution in [0.25, 0.3) is 0 Å². The summed E-state index contributed by atoms with van der Waals surface area (Å²) in [6.45, 7) is 2.12.